The maximum Gasteiger partial charge on any atom is 0.274 e. The molecule has 0 fully saturated rings. The van der Waals surface area contributed by atoms with Crippen molar-refractivity contribution in [1.82, 2.24) is 4.98 Å². The molecule has 2 N–H and O–H groups in total. The molecule has 0 aliphatic heterocycles. The van der Waals surface area contributed by atoms with Crippen LogP contribution in [0.15, 0.2) is 60.8 Å². The molecule has 0 unspecified atom stereocenters. The molecular weight excluding hydrogens is 352 g/mol. The Bertz CT molecular complexity index is 1080. The van der Waals surface area contributed by atoms with Gasteiger partial charge in [-0.05, 0) is 61.9 Å². The van der Waals surface area contributed by atoms with E-state index in [-0.39, 0.29) is 11.6 Å². The number of pyridine rings is 1. The van der Waals surface area contributed by atoms with Crippen molar-refractivity contribution >= 4 is 23.2 Å². The lowest BCUT2D eigenvalue weighted by Gasteiger charge is -2.10. The number of aryl methyl sites for hydroxylation is 2. The number of amides is 2. The zero-order valence-electron chi connectivity index (χ0n) is 15.5. The second-order valence-corrected chi connectivity index (χ2v) is 6.35. The predicted octanol–water partition coefficient (Wildman–Crippen LogP) is 4.07. The molecule has 0 aliphatic rings. The molecule has 2 amide bonds. The van der Waals surface area contributed by atoms with Crippen LogP contribution in [0.1, 0.15) is 37.5 Å². The number of anilines is 2. The molecule has 3 rings (SSSR count). The van der Waals surface area contributed by atoms with Crippen LogP contribution in [-0.2, 0) is 0 Å². The van der Waals surface area contributed by atoms with Gasteiger partial charge in [-0.25, -0.2) is 0 Å². The Morgan fingerprint density at radius 2 is 1.68 bits per heavy atom. The summed E-state index contributed by atoms with van der Waals surface area (Å²) in [5.41, 5.74) is 4.29. The maximum atomic E-state index is 12.6. The minimum Gasteiger partial charge on any atom is -0.322 e. The number of hydrogen-bond donors (Lipinski definition) is 2. The number of aromatic nitrogens is 1. The second-order valence-electron chi connectivity index (χ2n) is 6.35. The van der Waals surface area contributed by atoms with Gasteiger partial charge in [-0.1, -0.05) is 17.7 Å². The molecule has 0 saturated carbocycles. The van der Waals surface area contributed by atoms with Gasteiger partial charge in [0.05, 0.1) is 11.6 Å². The van der Waals surface area contributed by atoms with E-state index in [1.165, 1.54) is 12.3 Å². The first-order valence-corrected chi connectivity index (χ1v) is 8.62. The van der Waals surface area contributed by atoms with Crippen LogP contribution in [0.5, 0.6) is 0 Å². The van der Waals surface area contributed by atoms with Crippen molar-refractivity contribution in [2.75, 3.05) is 10.6 Å². The monoisotopic (exact) mass is 370 g/mol. The minimum atomic E-state index is -0.439. The summed E-state index contributed by atoms with van der Waals surface area (Å²) in [6.07, 6.45) is 1.42. The standard InChI is InChI=1S/C22H18N4O2/c1-14-3-8-19(15(2)11-14)26-21(27)17-9-10-24-20(12-17)22(28)25-18-6-4-16(13-23)5-7-18/h3-12H,1-2H3,(H,25,28)(H,26,27). The number of nitrogens with zero attached hydrogens (tertiary/aromatic N) is 2. The van der Waals surface area contributed by atoms with Crippen LogP contribution in [0.2, 0.25) is 0 Å². The number of nitrogens with one attached hydrogen (secondary N) is 2. The molecule has 6 heteroatoms. The lowest BCUT2D eigenvalue weighted by Crippen LogP contribution is -2.17. The molecule has 2 aromatic carbocycles. The van der Waals surface area contributed by atoms with Crippen molar-refractivity contribution in [3.63, 3.8) is 0 Å². The Morgan fingerprint density at radius 3 is 2.36 bits per heavy atom. The maximum absolute atomic E-state index is 12.6. The van der Waals surface area contributed by atoms with Gasteiger partial charge in [-0.15, -0.1) is 0 Å². The fourth-order valence-corrected chi connectivity index (χ4v) is 2.67. The number of nitriles is 1. The Labute approximate surface area is 162 Å². The van der Waals surface area contributed by atoms with Crippen molar-refractivity contribution in [1.29, 1.82) is 5.26 Å². The summed E-state index contributed by atoms with van der Waals surface area (Å²) < 4.78 is 0. The van der Waals surface area contributed by atoms with Gasteiger partial charge in [-0.2, -0.15) is 5.26 Å². The number of carbonyl (C=O) groups excluding carboxylic acids is 2. The Kier molecular flexibility index (Phi) is 5.47. The highest BCUT2D eigenvalue weighted by Gasteiger charge is 2.13. The molecule has 0 aliphatic carbocycles. The average Bonchev–Trinajstić information content (AvgIpc) is 2.70. The SMILES string of the molecule is Cc1ccc(NC(=O)c2ccnc(C(=O)Nc3ccc(C#N)cc3)c2)c(C)c1. The van der Waals surface area contributed by atoms with E-state index in [0.29, 0.717) is 16.8 Å². The van der Waals surface area contributed by atoms with Crippen molar-refractivity contribution in [2.45, 2.75) is 13.8 Å². The van der Waals surface area contributed by atoms with Gasteiger partial charge < -0.3 is 10.6 Å². The fourth-order valence-electron chi connectivity index (χ4n) is 2.67. The van der Waals surface area contributed by atoms with E-state index in [4.69, 9.17) is 5.26 Å². The number of hydrogen-bond acceptors (Lipinski definition) is 4. The van der Waals surface area contributed by atoms with Crippen LogP contribution in [-0.4, -0.2) is 16.8 Å². The smallest absolute Gasteiger partial charge is 0.274 e. The van der Waals surface area contributed by atoms with Crippen molar-refractivity contribution in [3.8, 4) is 6.07 Å². The Morgan fingerprint density at radius 1 is 0.929 bits per heavy atom. The van der Waals surface area contributed by atoms with Crippen LogP contribution < -0.4 is 10.6 Å². The van der Waals surface area contributed by atoms with E-state index >= 15 is 0 Å². The molecular formula is C22H18N4O2. The lowest BCUT2D eigenvalue weighted by molar-refractivity contribution is 0.102. The van der Waals surface area contributed by atoms with Gasteiger partial charge in [0.2, 0.25) is 0 Å². The summed E-state index contributed by atoms with van der Waals surface area (Å²) in [5.74, 6) is -0.757. The number of rotatable bonds is 4. The summed E-state index contributed by atoms with van der Waals surface area (Å²) >= 11 is 0. The van der Waals surface area contributed by atoms with Crippen molar-refractivity contribution < 1.29 is 9.59 Å². The van der Waals surface area contributed by atoms with Gasteiger partial charge in [0.1, 0.15) is 5.69 Å². The molecule has 1 heterocycles. The Balaban J connectivity index is 1.74. The van der Waals surface area contributed by atoms with Gasteiger partial charge >= 0.3 is 0 Å². The van der Waals surface area contributed by atoms with E-state index in [2.05, 4.69) is 15.6 Å². The van der Waals surface area contributed by atoms with E-state index in [0.717, 1.165) is 16.8 Å². The quantitative estimate of drug-likeness (QED) is 0.723. The molecule has 28 heavy (non-hydrogen) atoms. The van der Waals surface area contributed by atoms with Gasteiger partial charge in [-0.3, -0.25) is 14.6 Å². The summed E-state index contributed by atoms with van der Waals surface area (Å²) in [4.78, 5) is 29.0. The highest BCUT2D eigenvalue weighted by molar-refractivity contribution is 6.08. The van der Waals surface area contributed by atoms with Crippen LogP contribution in [0.4, 0.5) is 11.4 Å². The zero-order chi connectivity index (χ0) is 20.1. The molecule has 1 aromatic heterocycles. The summed E-state index contributed by atoms with van der Waals surface area (Å²) in [6.45, 7) is 3.91. The van der Waals surface area contributed by atoms with Crippen molar-refractivity contribution in [3.05, 3.63) is 88.7 Å². The summed E-state index contributed by atoms with van der Waals surface area (Å²) in [7, 11) is 0. The summed E-state index contributed by atoms with van der Waals surface area (Å²) in [6, 6.07) is 17.2. The predicted molar refractivity (Wildman–Crippen MR) is 107 cm³/mol. The largest absolute Gasteiger partial charge is 0.322 e. The molecule has 3 aromatic rings. The summed E-state index contributed by atoms with van der Waals surface area (Å²) in [5, 5.41) is 14.4. The zero-order valence-corrected chi connectivity index (χ0v) is 15.5. The van der Waals surface area contributed by atoms with E-state index < -0.39 is 5.91 Å². The highest BCUT2D eigenvalue weighted by Crippen LogP contribution is 2.17. The van der Waals surface area contributed by atoms with Crippen LogP contribution in [0.3, 0.4) is 0 Å². The first-order chi connectivity index (χ1) is 13.5. The third kappa shape index (κ3) is 4.40. The van der Waals surface area contributed by atoms with Gasteiger partial charge in [0.25, 0.3) is 11.8 Å². The molecule has 0 bridgehead atoms. The molecule has 6 nitrogen and oxygen atoms in total. The van der Waals surface area contributed by atoms with Crippen LogP contribution in [0.25, 0.3) is 0 Å². The average molecular weight is 370 g/mol. The fraction of sp³-hybridized carbons (Fsp3) is 0.0909. The third-order valence-corrected chi connectivity index (χ3v) is 4.16. The first kappa shape index (κ1) is 18.8. The minimum absolute atomic E-state index is 0.123. The number of carbonyl (C=O) groups is 2. The molecule has 0 saturated heterocycles. The molecule has 0 radical (unpaired) electrons. The van der Waals surface area contributed by atoms with Crippen LogP contribution in [0, 0.1) is 25.2 Å². The topological polar surface area (TPSA) is 94.9 Å². The highest BCUT2D eigenvalue weighted by atomic mass is 16.2. The van der Waals surface area contributed by atoms with Gasteiger partial charge in [0, 0.05) is 23.1 Å². The Hall–Kier alpha value is -3.98. The van der Waals surface area contributed by atoms with E-state index in [1.807, 2.05) is 38.1 Å². The van der Waals surface area contributed by atoms with E-state index in [1.54, 1.807) is 30.3 Å². The van der Waals surface area contributed by atoms with Crippen molar-refractivity contribution in [2.24, 2.45) is 0 Å². The normalized spacial score (nSPS) is 10.0. The molecule has 0 atom stereocenters. The third-order valence-electron chi connectivity index (χ3n) is 4.16. The number of benzene rings is 2. The second kappa shape index (κ2) is 8.14. The van der Waals surface area contributed by atoms with E-state index in [9.17, 15) is 9.59 Å². The lowest BCUT2D eigenvalue weighted by atomic mass is 10.1. The molecule has 0 spiro atoms. The van der Waals surface area contributed by atoms with Gasteiger partial charge in [0.15, 0.2) is 0 Å². The first-order valence-electron chi connectivity index (χ1n) is 8.62. The van der Waals surface area contributed by atoms with Crippen LogP contribution >= 0.6 is 0 Å². The molecule has 138 valence electrons.